The molecule has 2 aromatic carbocycles. The molecule has 0 radical (unpaired) electrons. The van der Waals surface area contributed by atoms with E-state index in [-0.39, 0.29) is 0 Å². The van der Waals surface area contributed by atoms with Crippen molar-refractivity contribution in [3.05, 3.63) is 58.9 Å². The summed E-state index contributed by atoms with van der Waals surface area (Å²) in [6.45, 7) is 0.330. The molecule has 0 unspecified atom stereocenters. The maximum atomic E-state index is 5.59. The van der Waals surface area contributed by atoms with Crippen LogP contribution in [0.25, 0.3) is 11.1 Å². The van der Waals surface area contributed by atoms with Crippen LogP contribution < -0.4 is 4.74 Å². The number of ether oxygens (including phenoxy) is 1. The third kappa shape index (κ3) is 2.38. The van der Waals surface area contributed by atoms with Crippen molar-refractivity contribution in [2.24, 2.45) is 0 Å². The van der Waals surface area contributed by atoms with Crippen LogP contribution in [0.3, 0.4) is 0 Å². The summed E-state index contributed by atoms with van der Waals surface area (Å²) in [6, 6.07) is 15.3. The summed E-state index contributed by atoms with van der Waals surface area (Å²) < 4.78 is 12.2. The minimum Gasteiger partial charge on any atom is -0.484 e. The normalized spacial score (nSPS) is 10.7. The topological polar surface area (TPSA) is 35.3 Å². The van der Waals surface area contributed by atoms with Gasteiger partial charge in [-0.25, -0.2) is 4.98 Å². The highest BCUT2D eigenvalue weighted by atomic mass is 79.9. The minimum atomic E-state index is 0.330. The van der Waals surface area contributed by atoms with Crippen LogP contribution in [0.2, 0.25) is 0 Å². The molecule has 90 valence electrons. The van der Waals surface area contributed by atoms with E-state index >= 15 is 0 Å². The van der Waals surface area contributed by atoms with E-state index < -0.39 is 0 Å². The Labute approximate surface area is 113 Å². The number of hydrogen-bond acceptors (Lipinski definition) is 3. The van der Waals surface area contributed by atoms with Gasteiger partial charge >= 0.3 is 0 Å². The van der Waals surface area contributed by atoms with E-state index in [4.69, 9.17) is 9.15 Å². The predicted octanol–water partition coefficient (Wildman–Crippen LogP) is 4.17. The summed E-state index contributed by atoms with van der Waals surface area (Å²) >= 11 is 3.40. The molecule has 18 heavy (non-hydrogen) atoms. The quantitative estimate of drug-likeness (QED) is 0.728. The highest BCUT2D eigenvalue weighted by Crippen LogP contribution is 2.21. The maximum Gasteiger partial charge on any atom is 0.233 e. The lowest BCUT2D eigenvalue weighted by molar-refractivity contribution is 0.267. The summed E-state index contributed by atoms with van der Waals surface area (Å²) in [5.41, 5.74) is 1.60. The number of oxazole rings is 1. The zero-order valence-corrected chi connectivity index (χ0v) is 11.1. The van der Waals surface area contributed by atoms with Gasteiger partial charge in [0.2, 0.25) is 5.89 Å². The molecule has 1 heterocycles. The van der Waals surface area contributed by atoms with E-state index in [2.05, 4.69) is 20.9 Å². The first-order chi connectivity index (χ1) is 8.81. The Morgan fingerprint density at radius 1 is 1.11 bits per heavy atom. The highest BCUT2D eigenvalue weighted by Gasteiger charge is 2.06. The number of nitrogens with zero attached hydrogens (tertiary/aromatic N) is 1. The molecule has 0 atom stereocenters. The third-order valence-electron chi connectivity index (χ3n) is 2.50. The van der Waals surface area contributed by atoms with Crippen molar-refractivity contribution in [2.45, 2.75) is 6.61 Å². The van der Waals surface area contributed by atoms with Crippen LogP contribution in [-0.4, -0.2) is 4.98 Å². The molecule has 0 bridgehead atoms. The van der Waals surface area contributed by atoms with Crippen LogP contribution in [0.1, 0.15) is 5.89 Å². The Bertz CT molecular complexity index is 664. The average molecular weight is 304 g/mol. The van der Waals surface area contributed by atoms with E-state index in [0.717, 1.165) is 21.3 Å². The molecule has 0 fully saturated rings. The van der Waals surface area contributed by atoms with Gasteiger partial charge in [0, 0.05) is 4.47 Å². The molecule has 0 aliphatic carbocycles. The molecule has 3 aromatic rings. The number of benzene rings is 2. The van der Waals surface area contributed by atoms with Crippen LogP contribution >= 0.6 is 15.9 Å². The fourth-order valence-corrected chi connectivity index (χ4v) is 2.02. The Hall–Kier alpha value is -1.81. The standard InChI is InChI=1S/C14H10BrNO2/c15-10-6-7-13-12(8-10)16-14(18-13)9-17-11-4-2-1-3-5-11/h1-8H,9H2. The highest BCUT2D eigenvalue weighted by molar-refractivity contribution is 9.10. The van der Waals surface area contributed by atoms with Crippen molar-refractivity contribution in [1.29, 1.82) is 0 Å². The molecule has 0 saturated carbocycles. The second-order valence-corrected chi connectivity index (χ2v) is 4.74. The first-order valence-corrected chi connectivity index (χ1v) is 6.33. The first-order valence-electron chi connectivity index (χ1n) is 5.54. The van der Waals surface area contributed by atoms with E-state index in [0.29, 0.717) is 12.5 Å². The van der Waals surface area contributed by atoms with Crippen molar-refractivity contribution in [2.75, 3.05) is 0 Å². The van der Waals surface area contributed by atoms with Crippen molar-refractivity contribution >= 4 is 27.0 Å². The number of aromatic nitrogens is 1. The molecule has 3 rings (SSSR count). The zero-order valence-electron chi connectivity index (χ0n) is 9.47. The van der Waals surface area contributed by atoms with Crippen LogP contribution in [0.5, 0.6) is 5.75 Å². The molecule has 0 amide bonds. The van der Waals surface area contributed by atoms with E-state index in [9.17, 15) is 0 Å². The van der Waals surface area contributed by atoms with E-state index in [1.54, 1.807) is 0 Å². The van der Waals surface area contributed by atoms with Crippen molar-refractivity contribution in [1.82, 2.24) is 4.98 Å². The largest absolute Gasteiger partial charge is 0.484 e. The van der Waals surface area contributed by atoms with Gasteiger partial charge in [-0.2, -0.15) is 0 Å². The fourth-order valence-electron chi connectivity index (χ4n) is 1.67. The van der Waals surface area contributed by atoms with Crippen LogP contribution in [0.15, 0.2) is 57.4 Å². The zero-order chi connectivity index (χ0) is 12.4. The maximum absolute atomic E-state index is 5.59. The second-order valence-electron chi connectivity index (χ2n) is 3.82. The lowest BCUT2D eigenvalue weighted by atomic mass is 10.3. The van der Waals surface area contributed by atoms with Crippen molar-refractivity contribution in [3.63, 3.8) is 0 Å². The van der Waals surface area contributed by atoms with Gasteiger partial charge in [-0.05, 0) is 30.3 Å². The molecular weight excluding hydrogens is 294 g/mol. The Kier molecular flexibility index (Phi) is 3.02. The smallest absolute Gasteiger partial charge is 0.233 e. The summed E-state index contributed by atoms with van der Waals surface area (Å²) in [6.07, 6.45) is 0. The summed E-state index contributed by atoms with van der Waals surface area (Å²) in [5.74, 6) is 1.38. The van der Waals surface area contributed by atoms with Gasteiger partial charge in [-0.1, -0.05) is 34.1 Å². The van der Waals surface area contributed by atoms with Crippen molar-refractivity contribution < 1.29 is 9.15 Å². The summed E-state index contributed by atoms with van der Waals surface area (Å²) in [5, 5.41) is 0. The summed E-state index contributed by atoms with van der Waals surface area (Å²) in [4.78, 5) is 4.37. The van der Waals surface area contributed by atoms with Gasteiger partial charge < -0.3 is 9.15 Å². The van der Waals surface area contributed by atoms with Crippen LogP contribution in [0.4, 0.5) is 0 Å². The predicted molar refractivity (Wildman–Crippen MR) is 72.5 cm³/mol. The Balaban J connectivity index is 1.79. The average Bonchev–Trinajstić information content (AvgIpc) is 2.79. The Morgan fingerprint density at radius 2 is 1.94 bits per heavy atom. The SMILES string of the molecule is Brc1ccc2oc(COc3ccccc3)nc2c1. The van der Waals surface area contributed by atoms with Gasteiger partial charge in [0.1, 0.15) is 11.3 Å². The first kappa shape index (κ1) is 11.3. The van der Waals surface area contributed by atoms with Gasteiger partial charge in [0.15, 0.2) is 12.2 Å². The van der Waals surface area contributed by atoms with E-state index in [1.165, 1.54) is 0 Å². The number of hydrogen-bond donors (Lipinski definition) is 0. The van der Waals surface area contributed by atoms with E-state index in [1.807, 2.05) is 48.5 Å². The molecule has 3 nitrogen and oxygen atoms in total. The molecule has 1 aromatic heterocycles. The van der Waals surface area contributed by atoms with Gasteiger partial charge in [-0.15, -0.1) is 0 Å². The number of halogens is 1. The number of para-hydroxylation sites is 1. The Morgan fingerprint density at radius 3 is 2.78 bits per heavy atom. The van der Waals surface area contributed by atoms with Gasteiger partial charge in [0.25, 0.3) is 0 Å². The third-order valence-corrected chi connectivity index (χ3v) is 2.99. The number of fused-ring (bicyclic) bond motifs is 1. The molecule has 0 saturated heterocycles. The molecule has 0 N–H and O–H groups in total. The fraction of sp³-hybridized carbons (Fsp3) is 0.0714. The number of rotatable bonds is 3. The second kappa shape index (κ2) is 4.82. The van der Waals surface area contributed by atoms with Gasteiger partial charge in [-0.3, -0.25) is 0 Å². The lowest BCUT2D eigenvalue weighted by Crippen LogP contribution is -1.94. The minimum absolute atomic E-state index is 0.330. The monoisotopic (exact) mass is 303 g/mol. The van der Waals surface area contributed by atoms with Gasteiger partial charge in [0.05, 0.1) is 0 Å². The summed E-state index contributed by atoms with van der Waals surface area (Å²) in [7, 11) is 0. The molecule has 0 spiro atoms. The molecule has 4 heteroatoms. The molecule has 0 aliphatic rings. The van der Waals surface area contributed by atoms with Crippen LogP contribution in [-0.2, 0) is 6.61 Å². The van der Waals surface area contributed by atoms with Crippen LogP contribution in [0, 0.1) is 0 Å². The van der Waals surface area contributed by atoms with Crippen molar-refractivity contribution in [3.8, 4) is 5.75 Å². The molecular formula is C14H10BrNO2. The molecule has 0 aliphatic heterocycles. The lowest BCUT2D eigenvalue weighted by Gasteiger charge is -2.01.